The first-order chi connectivity index (χ1) is 10.2. The molecule has 1 amide bonds. The Hall–Kier alpha value is -1.65. The number of aromatic nitrogens is 2. The molecule has 1 aliphatic heterocycles. The van der Waals surface area contributed by atoms with Crippen LogP contribution in [0.2, 0.25) is 0 Å². The van der Waals surface area contributed by atoms with Crippen LogP contribution in [0.3, 0.4) is 0 Å². The van der Waals surface area contributed by atoms with E-state index in [0.717, 1.165) is 42.4 Å². The Kier molecular flexibility index (Phi) is 4.73. The third-order valence-corrected chi connectivity index (χ3v) is 4.02. The molecule has 0 saturated carbocycles. The molecular weight excluding hydrogens is 276 g/mol. The van der Waals surface area contributed by atoms with Gasteiger partial charge in [0.1, 0.15) is 11.6 Å². The van der Waals surface area contributed by atoms with Crippen molar-refractivity contribution in [1.82, 2.24) is 14.9 Å². The molecule has 1 aromatic heterocycles. The van der Waals surface area contributed by atoms with Crippen LogP contribution in [-0.4, -0.2) is 40.9 Å². The summed E-state index contributed by atoms with van der Waals surface area (Å²) in [4.78, 5) is 25.8. The second-order valence-corrected chi connectivity index (χ2v) is 7.34. The average molecular weight is 304 g/mol. The van der Waals surface area contributed by atoms with E-state index in [1.54, 1.807) is 0 Å². The molecule has 22 heavy (non-hydrogen) atoms. The number of hydrogen-bond acceptors (Lipinski definition) is 4. The second kappa shape index (κ2) is 6.23. The van der Waals surface area contributed by atoms with Gasteiger partial charge in [-0.05, 0) is 19.3 Å². The summed E-state index contributed by atoms with van der Waals surface area (Å²) in [5.41, 5.74) is 2.23. The van der Waals surface area contributed by atoms with Crippen molar-refractivity contribution in [2.75, 3.05) is 25.0 Å². The van der Waals surface area contributed by atoms with Gasteiger partial charge in [-0.3, -0.25) is 4.79 Å². The summed E-state index contributed by atoms with van der Waals surface area (Å²) in [7, 11) is 2.04. The lowest BCUT2D eigenvalue weighted by Gasteiger charge is -2.33. The van der Waals surface area contributed by atoms with Crippen LogP contribution in [-0.2, 0) is 17.8 Å². The largest absolute Gasteiger partial charge is 0.360 e. The zero-order chi connectivity index (χ0) is 16.5. The van der Waals surface area contributed by atoms with E-state index >= 15 is 0 Å². The molecule has 0 unspecified atom stereocenters. The van der Waals surface area contributed by atoms with Gasteiger partial charge < -0.3 is 9.80 Å². The molecule has 122 valence electrons. The fourth-order valence-electron chi connectivity index (χ4n) is 2.76. The minimum atomic E-state index is 0.0180. The lowest BCUT2D eigenvalue weighted by Crippen LogP contribution is -2.39. The van der Waals surface area contributed by atoms with Crippen LogP contribution in [0.4, 0.5) is 5.82 Å². The number of amides is 1. The van der Waals surface area contributed by atoms with Gasteiger partial charge in [0.2, 0.25) is 5.91 Å². The highest BCUT2D eigenvalue weighted by Crippen LogP contribution is 2.28. The van der Waals surface area contributed by atoms with Crippen LogP contribution in [0.1, 0.15) is 51.2 Å². The number of carbonyl (C=O) groups excluding carboxylic acids is 1. The van der Waals surface area contributed by atoms with Crippen LogP contribution in [0.15, 0.2) is 0 Å². The van der Waals surface area contributed by atoms with Crippen LogP contribution in [0.25, 0.3) is 0 Å². The number of nitrogens with zero attached hydrogens (tertiary/aromatic N) is 4. The molecular formula is C17H28N4O. The fourth-order valence-corrected chi connectivity index (χ4v) is 2.76. The Morgan fingerprint density at radius 1 is 1.32 bits per heavy atom. The number of aryl methyl sites for hydroxylation is 1. The fraction of sp³-hybridized carbons (Fsp3) is 0.706. The molecule has 5 nitrogen and oxygen atoms in total. The van der Waals surface area contributed by atoms with Crippen molar-refractivity contribution in [3.05, 3.63) is 17.1 Å². The van der Waals surface area contributed by atoms with E-state index in [1.807, 2.05) is 18.9 Å². The summed E-state index contributed by atoms with van der Waals surface area (Å²) in [5, 5.41) is 0. The van der Waals surface area contributed by atoms with Gasteiger partial charge in [0.05, 0.1) is 12.2 Å². The van der Waals surface area contributed by atoms with Crippen LogP contribution >= 0.6 is 0 Å². The molecule has 0 radical (unpaired) electrons. The Bertz CT molecular complexity index is 563. The Morgan fingerprint density at radius 3 is 2.59 bits per heavy atom. The van der Waals surface area contributed by atoms with Crippen LogP contribution < -0.4 is 4.90 Å². The summed E-state index contributed by atoms with van der Waals surface area (Å²) in [6.45, 7) is 12.6. The number of anilines is 1. The van der Waals surface area contributed by atoms with E-state index in [-0.39, 0.29) is 11.3 Å². The van der Waals surface area contributed by atoms with E-state index < -0.39 is 0 Å². The average Bonchev–Trinajstić information content (AvgIpc) is 2.43. The van der Waals surface area contributed by atoms with Crippen LogP contribution in [0.5, 0.6) is 0 Å². The smallest absolute Gasteiger partial charge is 0.223 e. The SMILES string of the molecule is CCN(C)c1nc(C)nc2c1CN(C(=O)CC(C)(C)C)CC2. The van der Waals surface area contributed by atoms with E-state index in [9.17, 15) is 4.79 Å². The van der Waals surface area contributed by atoms with Gasteiger partial charge in [0.15, 0.2) is 0 Å². The number of rotatable bonds is 3. The number of carbonyl (C=O) groups is 1. The number of fused-ring (bicyclic) bond motifs is 1. The Morgan fingerprint density at radius 2 is 2.00 bits per heavy atom. The third kappa shape index (κ3) is 3.76. The molecule has 2 rings (SSSR count). The minimum Gasteiger partial charge on any atom is -0.360 e. The molecule has 0 saturated heterocycles. The van der Waals surface area contributed by atoms with Crippen molar-refractivity contribution in [2.45, 2.75) is 54.0 Å². The van der Waals surface area contributed by atoms with E-state index in [4.69, 9.17) is 0 Å². The summed E-state index contributed by atoms with van der Waals surface area (Å²) >= 11 is 0. The standard InChI is InChI=1S/C17H28N4O/c1-7-20(6)16-13-11-21(15(22)10-17(3,4)5)9-8-14(13)18-12(2)19-16/h7-11H2,1-6H3. The quantitative estimate of drug-likeness (QED) is 0.861. The van der Waals surface area contributed by atoms with Gasteiger partial charge in [-0.2, -0.15) is 0 Å². The lowest BCUT2D eigenvalue weighted by atomic mass is 9.91. The van der Waals surface area contributed by atoms with E-state index in [2.05, 4.69) is 42.6 Å². The molecule has 5 heteroatoms. The zero-order valence-electron chi connectivity index (χ0n) is 14.7. The topological polar surface area (TPSA) is 49.3 Å². The highest BCUT2D eigenvalue weighted by Gasteiger charge is 2.28. The van der Waals surface area contributed by atoms with E-state index in [0.29, 0.717) is 13.0 Å². The van der Waals surface area contributed by atoms with Gasteiger partial charge in [-0.1, -0.05) is 20.8 Å². The molecule has 0 fully saturated rings. The van der Waals surface area contributed by atoms with Crippen molar-refractivity contribution < 1.29 is 4.79 Å². The molecule has 0 N–H and O–H groups in total. The van der Waals surface area contributed by atoms with Gasteiger partial charge >= 0.3 is 0 Å². The summed E-state index contributed by atoms with van der Waals surface area (Å²) in [6, 6.07) is 0. The van der Waals surface area contributed by atoms with Gasteiger partial charge in [-0.25, -0.2) is 9.97 Å². The predicted molar refractivity (Wildman–Crippen MR) is 88.9 cm³/mol. The Labute approximate surface area is 133 Å². The first-order valence-corrected chi connectivity index (χ1v) is 8.06. The normalized spacial score (nSPS) is 14.7. The lowest BCUT2D eigenvalue weighted by molar-refractivity contribution is -0.134. The van der Waals surface area contributed by atoms with Crippen molar-refractivity contribution in [1.29, 1.82) is 0 Å². The summed E-state index contributed by atoms with van der Waals surface area (Å²) < 4.78 is 0. The van der Waals surface area contributed by atoms with Crippen LogP contribution in [0, 0.1) is 12.3 Å². The Balaban J connectivity index is 2.27. The predicted octanol–water partition coefficient (Wildman–Crippen LogP) is 2.56. The van der Waals surface area contributed by atoms with Crippen molar-refractivity contribution in [3.63, 3.8) is 0 Å². The van der Waals surface area contributed by atoms with Gasteiger partial charge in [-0.15, -0.1) is 0 Å². The van der Waals surface area contributed by atoms with Crippen molar-refractivity contribution in [2.24, 2.45) is 5.41 Å². The summed E-state index contributed by atoms with van der Waals surface area (Å²) in [5.74, 6) is 2.01. The maximum absolute atomic E-state index is 12.5. The summed E-state index contributed by atoms with van der Waals surface area (Å²) in [6.07, 6.45) is 1.40. The highest BCUT2D eigenvalue weighted by molar-refractivity contribution is 5.77. The first kappa shape index (κ1) is 16.7. The second-order valence-electron chi connectivity index (χ2n) is 7.34. The zero-order valence-corrected chi connectivity index (χ0v) is 14.7. The molecule has 2 heterocycles. The third-order valence-electron chi connectivity index (χ3n) is 4.02. The maximum atomic E-state index is 12.5. The molecule has 0 spiro atoms. The molecule has 0 aliphatic carbocycles. The molecule has 0 atom stereocenters. The van der Waals surface area contributed by atoms with Gasteiger partial charge in [0, 0.05) is 38.5 Å². The molecule has 1 aromatic rings. The van der Waals surface area contributed by atoms with Crippen molar-refractivity contribution >= 4 is 11.7 Å². The van der Waals surface area contributed by atoms with Crippen molar-refractivity contribution in [3.8, 4) is 0 Å². The molecule has 1 aliphatic rings. The first-order valence-electron chi connectivity index (χ1n) is 8.06. The minimum absolute atomic E-state index is 0.0180. The highest BCUT2D eigenvalue weighted by atomic mass is 16.2. The van der Waals surface area contributed by atoms with Gasteiger partial charge in [0.25, 0.3) is 0 Å². The number of hydrogen-bond donors (Lipinski definition) is 0. The monoisotopic (exact) mass is 304 g/mol. The molecule has 0 bridgehead atoms. The van der Waals surface area contributed by atoms with E-state index in [1.165, 1.54) is 0 Å². The maximum Gasteiger partial charge on any atom is 0.223 e. The molecule has 0 aromatic carbocycles.